The van der Waals surface area contributed by atoms with Gasteiger partial charge in [0, 0.05) is 6.54 Å². The monoisotopic (exact) mass is 379 g/mol. The number of imidazole rings is 1. The van der Waals surface area contributed by atoms with Gasteiger partial charge in [-0.3, -0.25) is 4.90 Å². The Hall–Kier alpha value is -2.44. The third kappa shape index (κ3) is 3.68. The fraction of sp³-hybridized carbons (Fsp3) is 0.333. The first-order valence-electron chi connectivity index (χ1n) is 9.29. The summed E-state index contributed by atoms with van der Waals surface area (Å²) in [6.07, 6.45) is 6.17. The molecule has 1 unspecified atom stereocenters. The van der Waals surface area contributed by atoms with Crippen molar-refractivity contribution in [1.29, 1.82) is 0 Å². The van der Waals surface area contributed by atoms with Crippen LogP contribution >= 0.6 is 11.3 Å². The summed E-state index contributed by atoms with van der Waals surface area (Å²) in [5, 5.41) is 0. The van der Waals surface area contributed by atoms with Gasteiger partial charge in [-0.25, -0.2) is 9.97 Å². The van der Waals surface area contributed by atoms with E-state index >= 15 is 0 Å². The number of likely N-dealkylation sites (tertiary alicyclic amines) is 1. The molecule has 4 rings (SSSR count). The summed E-state index contributed by atoms with van der Waals surface area (Å²) in [4.78, 5) is 18.2. The van der Waals surface area contributed by atoms with E-state index in [0.717, 1.165) is 36.8 Å². The number of benzene rings is 1. The smallest absolute Gasteiger partial charge is 0.130 e. The summed E-state index contributed by atoms with van der Waals surface area (Å²) in [5.41, 5.74) is 5.43. The van der Waals surface area contributed by atoms with Gasteiger partial charge in [0.05, 0.1) is 28.3 Å². The molecule has 1 fully saturated rings. The van der Waals surface area contributed by atoms with Crippen LogP contribution in [0.2, 0.25) is 0 Å². The zero-order chi connectivity index (χ0) is 18.8. The van der Waals surface area contributed by atoms with Crippen LogP contribution in [0.3, 0.4) is 0 Å². The number of hydrogen-bond donors (Lipinski definition) is 1. The average molecular weight is 380 g/mol. The van der Waals surface area contributed by atoms with Gasteiger partial charge in [0.1, 0.15) is 11.6 Å². The summed E-state index contributed by atoms with van der Waals surface area (Å²) in [6, 6.07) is 9.08. The van der Waals surface area contributed by atoms with Gasteiger partial charge in [-0.2, -0.15) is 0 Å². The molecule has 0 amide bonds. The van der Waals surface area contributed by atoms with Gasteiger partial charge >= 0.3 is 0 Å². The van der Waals surface area contributed by atoms with Crippen molar-refractivity contribution in [3.63, 3.8) is 0 Å². The van der Waals surface area contributed by atoms with E-state index in [2.05, 4.69) is 69.6 Å². The average Bonchev–Trinajstić information content (AvgIpc) is 3.41. The highest BCUT2D eigenvalue weighted by Gasteiger charge is 2.25. The molecule has 1 aliphatic rings. The second kappa shape index (κ2) is 7.66. The van der Waals surface area contributed by atoms with E-state index in [-0.39, 0.29) is 0 Å². The van der Waals surface area contributed by atoms with E-state index in [4.69, 9.17) is 0 Å². The van der Waals surface area contributed by atoms with E-state index in [1.807, 2.05) is 17.9 Å². The Kier molecular flexibility index (Phi) is 5.09. The predicted octanol–water partition coefficient (Wildman–Crippen LogP) is 4.76. The molecule has 1 aliphatic heterocycles. The number of nitrogens with zero attached hydrogens (tertiary/aromatic N) is 4. The molecule has 2 aromatic heterocycles. The van der Waals surface area contributed by atoms with Gasteiger partial charge in [-0.15, -0.1) is 11.3 Å². The van der Waals surface area contributed by atoms with Gasteiger partial charge in [-0.1, -0.05) is 30.8 Å². The Morgan fingerprint density at radius 3 is 2.78 bits per heavy atom. The van der Waals surface area contributed by atoms with Crippen molar-refractivity contribution < 1.29 is 0 Å². The lowest BCUT2D eigenvalue weighted by atomic mass is 10.1. The van der Waals surface area contributed by atoms with E-state index in [1.165, 1.54) is 22.4 Å². The van der Waals surface area contributed by atoms with Crippen molar-refractivity contribution in [2.45, 2.75) is 32.4 Å². The number of aromatic nitrogens is 3. The second-order valence-corrected chi connectivity index (χ2v) is 7.92. The van der Waals surface area contributed by atoms with Crippen LogP contribution < -0.4 is 4.90 Å². The number of thiazole rings is 1. The molecule has 3 heterocycles. The second-order valence-electron chi connectivity index (χ2n) is 7.07. The minimum atomic E-state index is 0.396. The van der Waals surface area contributed by atoms with Crippen LogP contribution in [0.15, 0.2) is 48.8 Å². The first-order valence-corrected chi connectivity index (χ1v) is 10.2. The van der Waals surface area contributed by atoms with Gasteiger partial charge in [-0.05, 0) is 50.7 Å². The number of aryl methyl sites for hydroxylation is 1. The molecule has 3 aromatic rings. The fourth-order valence-corrected chi connectivity index (χ4v) is 4.49. The lowest BCUT2D eigenvalue weighted by molar-refractivity contribution is 0.307. The van der Waals surface area contributed by atoms with Crippen LogP contribution in [0.25, 0.3) is 10.4 Å². The first kappa shape index (κ1) is 17.9. The van der Waals surface area contributed by atoms with Gasteiger partial charge in [0.25, 0.3) is 0 Å². The molecule has 5 nitrogen and oxygen atoms in total. The molecule has 140 valence electrons. The summed E-state index contributed by atoms with van der Waals surface area (Å²) >= 11 is 1.68. The molecule has 0 saturated carbocycles. The summed E-state index contributed by atoms with van der Waals surface area (Å²) in [7, 11) is 2.16. The summed E-state index contributed by atoms with van der Waals surface area (Å²) < 4.78 is 0. The normalized spacial score (nSPS) is 17.3. The summed E-state index contributed by atoms with van der Waals surface area (Å²) in [6.45, 7) is 7.93. The van der Waals surface area contributed by atoms with Gasteiger partial charge < -0.3 is 9.88 Å². The van der Waals surface area contributed by atoms with Gasteiger partial charge in [0.15, 0.2) is 0 Å². The van der Waals surface area contributed by atoms with Crippen molar-refractivity contribution in [2.24, 2.45) is 0 Å². The SMILES string of the molecule is C=CN(Cc1ccc(-c2scnc2C)cc1)c1cnc(C2CCCN2C)[nH]1. The van der Waals surface area contributed by atoms with Crippen LogP contribution in [0.1, 0.15) is 36.0 Å². The lowest BCUT2D eigenvalue weighted by Crippen LogP contribution is -2.19. The number of anilines is 1. The number of nitrogens with one attached hydrogen (secondary N) is 1. The fourth-order valence-electron chi connectivity index (χ4n) is 3.68. The molecular weight excluding hydrogens is 354 g/mol. The highest BCUT2D eigenvalue weighted by atomic mass is 32.1. The molecule has 0 radical (unpaired) electrons. The standard InChI is InChI=1S/C21H25N5S/c1-4-26(19-12-22-21(24-19)18-6-5-11-25(18)3)13-16-7-9-17(10-8-16)20-15(2)23-14-27-20/h4,7-10,12,14,18H,1,5-6,11,13H2,2-3H3,(H,22,24). The maximum Gasteiger partial charge on any atom is 0.130 e. The summed E-state index contributed by atoms with van der Waals surface area (Å²) in [5.74, 6) is 2.04. The maximum atomic E-state index is 4.62. The van der Waals surface area contributed by atoms with Crippen molar-refractivity contribution in [3.05, 3.63) is 65.8 Å². The van der Waals surface area contributed by atoms with Crippen LogP contribution in [-0.2, 0) is 6.54 Å². The van der Waals surface area contributed by atoms with Gasteiger partial charge in [0.2, 0.25) is 0 Å². The Bertz CT molecular complexity index is 911. The van der Waals surface area contributed by atoms with Crippen molar-refractivity contribution >= 4 is 17.2 Å². The molecule has 6 heteroatoms. The Labute approximate surface area is 164 Å². The van der Waals surface area contributed by atoms with Crippen LogP contribution in [0.5, 0.6) is 0 Å². The van der Waals surface area contributed by atoms with E-state index < -0.39 is 0 Å². The zero-order valence-corrected chi connectivity index (χ0v) is 16.7. The molecule has 1 N–H and O–H groups in total. The molecular formula is C21H25N5S. The van der Waals surface area contributed by atoms with Crippen LogP contribution in [0.4, 0.5) is 5.82 Å². The van der Waals surface area contributed by atoms with Crippen molar-refractivity contribution in [1.82, 2.24) is 19.9 Å². The lowest BCUT2D eigenvalue weighted by Gasteiger charge is -2.19. The van der Waals surface area contributed by atoms with Crippen molar-refractivity contribution in [3.8, 4) is 10.4 Å². The minimum Gasteiger partial charge on any atom is -0.329 e. The van der Waals surface area contributed by atoms with E-state index in [1.54, 1.807) is 11.3 Å². The third-order valence-electron chi connectivity index (χ3n) is 5.26. The molecule has 27 heavy (non-hydrogen) atoms. The highest BCUT2D eigenvalue weighted by molar-refractivity contribution is 7.13. The highest BCUT2D eigenvalue weighted by Crippen LogP contribution is 2.30. The Morgan fingerprint density at radius 1 is 1.33 bits per heavy atom. The molecule has 1 atom stereocenters. The van der Waals surface area contributed by atoms with E-state index in [0.29, 0.717) is 6.04 Å². The Morgan fingerprint density at radius 2 is 2.15 bits per heavy atom. The molecule has 0 bridgehead atoms. The number of hydrogen-bond acceptors (Lipinski definition) is 5. The third-order valence-corrected chi connectivity index (χ3v) is 6.24. The molecule has 0 aliphatic carbocycles. The number of aromatic amines is 1. The Balaban J connectivity index is 1.48. The predicted molar refractivity (Wildman–Crippen MR) is 112 cm³/mol. The quantitative estimate of drug-likeness (QED) is 0.671. The topological polar surface area (TPSA) is 48.1 Å². The molecule has 1 aromatic carbocycles. The van der Waals surface area contributed by atoms with Crippen LogP contribution in [-0.4, -0.2) is 33.4 Å². The zero-order valence-electron chi connectivity index (χ0n) is 15.9. The van der Waals surface area contributed by atoms with Crippen LogP contribution in [0, 0.1) is 6.92 Å². The minimum absolute atomic E-state index is 0.396. The number of rotatable bonds is 6. The largest absolute Gasteiger partial charge is 0.329 e. The number of H-pyrrole nitrogens is 1. The maximum absolute atomic E-state index is 4.62. The first-order chi connectivity index (χ1) is 13.2. The molecule has 0 spiro atoms. The van der Waals surface area contributed by atoms with E-state index in [9.17, 15) is 0 Å². The van der Waals surface area contributed by atoms with Crippen molar-refractivity contribution in [2.75, 3.05) is 18.5 Å². The molecule has 1 saturated heterocycles.